The third kappa shape index (κ3) is 7.75. The summed E-state index contributed by atoms with van der Waals surface area (Å²) in [6, 6.07) is 12.3. The Labute approximate surface area is 216 Å². The number of aryl methyl sites for hydroxylation is 3. The van der Waals surface area contributed by atoms with Gasteiger partial charge < -0.3 is 10.6 Å². The van der Waals surface area contributed by atoms with E-state index in [4.69, 9.17) is 0 Å². The van der Waals surface area contributed by atoms with Gasteiger partial charge in [0.1, 0.15) is 17.5 Å². The molecule has 0 bridgehead atoms. The van der Waals surface area contributed by atoms with Gasteiger partial charge in [-0.15, -0.1) is 0 Å². The number of rotatable bonds is 9. The molecule has 2 aromatic carbocycles. The summed E-state index contributed by atoms with van der Waals surface area (Å²) < 4.78 is 12.8. The summed E-state index contributed by atoms with van der Waals surface area (Å²) in [6.07, 6.45) is 5.23. The standard InChI is InChI=1S/C28H37N3O4S/c1-19-10-13-24(14-11-19)29-26(32)17-36(35)18-27(33)31(25-15-12-20(2)16-21(25)3)22(4)28(34)30-23-8-6-5-7-9-23/h10-16,22-23H,5-9,17-18H2,1-4H3,(H,29,32)(H,30,34)/t22-,36+/m1/s1. The van der Waals surface area contributed by atoms with Crippen LogP contribution in [0, 0.1) is 20.8 Å². The Bertz CT molecular complexity index is 1110. The minimum Gasteiger partial charge on any atom is -0.352 e. The van der Waals surface area contributed by atoms with Gasteiger partial charge >= 0.3 is 0 Å². The van der Waals surface area contributed by atoms with Gasteiger partial charge in [-0.2, -0.15) is 0 Å². The lowest BCUT2D eigenvalue weighted by Gasteiger charge is -2.32. The van der Waals surface area contributed by atoms with Crippen molar-refractivity contribution in [3.8, 4) is 0 Å². The molecule has 3 rings (SSSR count). The molecule has 1 aliphatic carbocycles. The van der Waals surface area contributed by atoms with E-state index in [-0.39, 0.29) is 23.5 Å². The number of nitrogens with zero attached hydrogens (tertiary/aromatic N) is 1. The fraction of sp³-hybridized carbons (Fsp3) is 0.464. The Hall–Kier alpha value is -3.00. The number of nitrogens with one attached hydrogen (secondary N) is 2. The second-order valence-corrected chi connectivity index (χ2v) is 11.2. The van der Waals surface area contributed by atoms with Gasteiger partial charge in [0.05, 0.1) is 0 Å². The molecule has 1 saturated carbocycles. The van der Waals surface area contributed by atoms with Crippen molar-refractivity contribution in [1.29, 1.82) is 0 Å². The Morgan fingerprint density at radius 1 is 0.944 bits per heavy atom. The van der Waals surface area contributed by atoms with Gasteiger partial charge in [0.15, 0.2) is 0 Å². The van der Waals surface area contributed by atoms with E-state index in [2.05, 4.69) is 10.6 Å². The van der Waals surface area contributed by atoms with Gasteiger partial charge in [0.25, 0.3) is 0 Å². The number of hydrogen-bond acceptors (Lipinski definition) is 4. The highest BCUT2D eigenvalue weighted by Gasteiger charge is 2.31. The van der Waals surface area contributed by atoms with E-state index in [0.717, 1.165) is 42.4 Å². The van der Waals surface area contributed by atoms with E-state index in [1.807, 2.05) is 51.1 Å². The van der Waals surface area contributed by atoms with Crippen LogP contribution in [0.2, 0.25) is 0 Å². The predicted octanol–water partition coefficient (Wildman–Crippen LogP) is 4.17. The molecule has 0 saturated heterocycles. The van der Waals surface area contributed by atoms with Crippen molar-refractivity contribution in [3.63, 3.8) is 0 Å². The highest BCUT2D eigenvalue weighted by atomic mass is 32.2. The lowest BCUT2D eigenvalue weighted by Crippen LogP contribution is -2.52. The lowest BCUT2D eigenvalue weighted by molar-refractivity contribution is -0.126. The number of carbonyl (C=O) groups excluding carboxylic acids is 3. The fourth-order valence-corrected chi connectivity index (χ4v) is 5.44. The zero-order valence-corrected chi connectivity index (χ0v) is 22.5. The Kier molecular flexibility index (Phi) is 9.81. The molecule has 194 valence electrons. The number of carbonyl (C=O) groups is 3. The molecule has 0 spiro atoms. The van der Waals surface area contributed by atoms with Crippen molar-refractivity contribution in [2.24, 2.45) is 0 Å². The normalized spacial score (nSPS) is 15.6. The van der Waals surface area contributed by atoms with E-state index in [0.29, 0.717) is 11.4 Å². The molecule has 0 heterocycles. The summed E-state index contributed by atoms with van der Waals surface area (Å²) in [6.45, 7) is 7.50. The topological polar surface area (TPSA) is 95.6 Å². The first-order valence-electron chi connectivity index (χ1n) is 12.5. The number of amides is 3. The Balaban J connectivity index is 1.71. The van der Waals surface area contributed by atoms with Crippen LogP contribution in [0.25, 0.3) is 0 Å². The van der Waals surface area contributed by atoms with E-state index in [1.54, 1.807) is 19.1 Å². The molecule has 2 atom stereocenters. The van der Waals surface area contributed by atoms with Gasteiger partial charge in [-0.05, 0) is 64.3 Å². The van der Waals surface area contributed by atoms with Gasteiger partial charge in [-0.1, -0.05) is 54.7 Å². The van der Waals surface area contributed by atoms with Crippen molar-refractivity contribution >= 4 is 39.9 Å². The zero-order valence-electron chi connectivity index (χ0n) is 21.6. The Morgan fingerprint density at radius 3 is 2.22 bits per heavy atom. The van der Waals surface area contributed by atoms with E-state index in [1.165, 1.54) is 11.3 Å². The van der Waals surface area contributed by atoms with E-state index >= 15 is 0 Å². The van der Waals surface area contributed by atoms with Crippen LogP contribution < -0.4 is 15.5 Å². The van der Waals surface area contributed by atoms with Crippen molar-refractivity contribution in [2.75, 3.05) is 21.7 Å². The van der Waals surface area contributed by atoms with Crippen LogP contribution in [0.4, 0.5) is 11.4 Å². The largest absolute Gasteiger partial charge is 0.352 e. The molecular weight excluding hydrogens is 474 g/mol. The highest BCUT2D eigenvalue weighted by Crippen LogP contribution is 2.25. The van der Waals surface area contributed by atoms with Gasteiger partial charge in [0, 0.05) is 28.2 Å². The first-order valence-corrected chi connectivity index (χ1v) is 14.0. The molecule has 0 aromatic heterocycles. The maximum atomic E-state index is 13.4. The molecule has 7 nitrogen and oxygen atoms in total. The third-order valence-electron chi connectivity index (χ3n) is 6.51. The highest BCUT2D eigenvalue weighted by molar-refractivity contribution is 7.86. The molecule has 3 amide bonds. The number of anilines is 2. The van der Waals surface area contributed by atoms with Crippen LogP contribution in [0.1, 0.15) is 55.7 Å². The number of hydrogen-bond donors (Lipinski definition) is 2. The molecular formula is C28H37N3O4S. The molecule has 1 aliphatic rings. The molecule has 0 aliphatic heterocycles. The minimum atomic E-state index is -1.73. The van der Waals surface area contributed by atoms with Crippen LogP contribution in [-0.2, 0) is 25.2 Å². The predicted molar refractivity (Wildman–Crippen MR) is 146 cm³/mol. The van der Waals surface area contributed by atoms with Crippen LogP contribution in [0.3, 0.4) is 0 Å². The summed E-state index contributed by atoms with van der Waals surface area (Å²) in [5, 5.41) is 5.81. The first-order chi connectivity index (χ1) is 17.1. The summed E-state index contributed by atoms with van der Waals surface area (Å²) in [5.74, 6) is -1.75. The van der Waals surface area contributed by atoms with Gasteiger partial charge in [-0.25, -0.2) is 0 Å². The molecule has 1 fully saturated rings. The SMILES string of the molecule is Cc1ccc(NC(=O)C[S@](=O)CC(=O)N(c2ccc(C)cc2C)[C@H](C)C(=O)NC2CCCCC2)cc1. The summed E-state index contributed by atoms with van der Waals surface area (Å²) >= 11 is 0. The van der Waals surface area contributed by atoms with Gasteiger partial charge in [-0.3, -0.25) is 23.5 Å². The maximum absolute atomic E-state index is 13.4. The molecule has 2 aromatic rings. The first kappa shape index (κ1) is 27.6. The summed E-state index contributed by atoms with van der Waals surface area (Å²) in [7, 11) is -1.73. The minimum absolute atomic E-state index is 0.115. The molecule has 0 unspecified atom stereocenters. The van der Waals surface area contributed by atoms with Crippen molar-refractivity contribution in [1.82, 2.24) is 5.32 Å². The average molecular weight is 512 g/mol. The maximum Gasteiger partial charge on any atom is 0.243 e. The number of benzene rings is 2. The Morgan fingerprint density at radius 2 is 1.58 bits per heavy atom. The summed E-state index contributed by atoms with van der Waals surface area (Å²) in [5.41, 5.74) is 4.18. The van der Waals surface area contributed by atoms with E-state index < -0.39 is 28.7 Å². The second kappa shape index (κ2) is 12.8. The fourth-order valence-electron chi connectivity index (χ4n) is 4.56. The van der Waals surface area contributed by atoms with Crippen LogP contribution in [0.5, 0.6) is 0 Å². The molecule has 8 heteroatoms. The summed E-state index contributed by atoms with van der Waals surface area (Å²) in [4.78, 5) is 40.4. The quantitative estimate of drug-likeness (QED) is 0.528. The lowest BCUT2D eigenvalue weighted by atomic mass is 9.95. The van der Waals surface area contributed by atoms with Crippen LogP contribution in [0.15, 0.2) is 42.5 Å². The van der Waals surface area contributed by atoms with Crippen molar-refractivity contribution in [2.45, 2.75) is 71.9 Å². The van der Waals surface area contributed by atoms with Crippen LogP contribution >= 0.6 is 0 Å². The molecule has 36 heavy (non-hydrogen) atoms. The molecule has 0 radical (unpaired) electrons. The third-order valence-corrected chi connectivity index (χ3v) is 7.66. The average Bonchev–Trinajstić information content (AvgIpc) is 2.82. The smallest absolute Gasteiger partial charge is 0.243 e. The van der Waals surface area contributed by atoms with E-state index in [9.17, 15) is 18.6 Å². The van der Waals surface area contributed by atoms with Gasteiger partial charge in [0.2, 0.25) is 17.7 Å². The van der Waals surface area contributed by atoms with Crippen molar-refractivity contribution in [3.05, 3.63) is 59.2 Å². The second-order valence-electron chi connectivity index (χ2n) is 9.72. The molecule has 2 N–H and O–H groups in total. The monoisotopic (exact) mass is 511 g/mol. The zero-order chi connectivity index (χ0) is 26.2. The van der Waals surface area contributed by atoms with Crippen LogP contribution in [-0.4, -0.2) is 45.5 Å². The van der Waals surface area contributed by atoms with Crippen molar-refractivity contribution < 1.29 is 18.6 Å².